The first-order chi connectivity index (χ1) is 11.5. The number of carbonyl (C=O) groups excluding carboxylic acids is 1. The summed E-state index contributed by atoms with van der Waals surface area (Å²) in [5.74, 6) is -0.616. The predicted octanol–water partition coefficient (Wildman–Crippen LogP) is 3.73. The fraction of sp³-hybridized carbons (Fsp3) is 0.350. The van der Waals surface area contributed by atoms with Crippen molar-refractivity contribution < 1.29 is 9.18 Å². The summed E-state index contributed by atoms with van der Waals surface area (Å²) in [7, 11) is 0. The fourth-order valence-electron chi connectivity index (χ4n) is 3.08. The Hall–Kier alpha value is -1.91. The van der Waals surface area contributed by atoms with Crippen LogP contribution in [0.4, 0.5) is 4.39 Å². The zero-order valence-electron chi connectivity index (χ0n) is 14.2. The normalized spacial score (nSPS) is 17.1. The molecule has 25 heavy (non-hydrogen) atoms. The van der Waals surface area contributed by atoms with Gasteiger partial charge in [0, 0.05) is 18.0 Å². The first-order valence-electron chi connectivity index (χ1n) is 8.36. The Bertz CT molecular complexity index is 719. The van der Waals surface area contributed by atoms with Crippen LogP contribution in [0.3, 0.4) is 0 Å². The van der Waals surface area contributed by atoms with Gasteiger partial charge in [0.25, 0.3) is 0 Å². The maximum Gasteiger partial charge on any atom is 0.224 e. The van der Waals surface area contributed by atoms with E-state index in [9.17, 15) is 9.18 Å². The molecule has 1 fully saturated rings. The molecule has 1 saturated carbocycles. The Morgan fingerprint density at radius 3 is 2.48 bits per heavy atom. The largest absolute Gasteiger partial charge is 0.355 e. The molecule has 134 valence electrons. The van der Waals surface area contributed by atoms with Gasteiger partial charge in [-0.15, -0.1) is 12.4 Å². The average molecular weight is 363 g/mol. The summed E-state index contributed by atoms with van der Waals surface area (Å²) in [5, 5.41) is 3.01. The molecule has 2 aromatic carbocycles. The van der Waals surface area contributed by atoms with Gasteiger partial charge in [-0.1, -0.05) is 49.4 Å². The zero-order valence-corrected chi connectivity index (χ0v) is 15.1. The molecule has 3 N–H and O–H groups in total. The van der Waals surface area contributed by atoms with E-state index in [-0.39, 0.29) is 41.5 Å². The monoisotopic (exact) mass is 362 g/mol. The average Bonchev–Trinajstić information content (AvgIpc) is 3.40. The van der Waals surface area contributed by atoms with Gasteiger partial charge in [-0.05, 0) is 36.1 Å². The molecule has 3 nitrogen and oxygen atoms in total. The topological polar surface area (TPSA) is 55.1 Å². The quantitative estimate of drug-likeness (QED) is 0.822. The van der Waals surface area contributed by atoms with Gasteiger partial charge in [0.2, 0.25) is 5.91 Å². The molecule has 1 aliphatic carbocycles. The molecule has 0 aliphatic heterocycles. The van der Waals surface area contributed by atoms with Crippen LogP contribution < -0.4 is 11.1 Å². The number of hydrogen-bond acceptors (Lipinski definition) is 2. The second-order valence-electron chi connectivity index (χ2n) is 6.73. The van der Waals surface area contributed by atoms with Crippen LogP contribution in [0.25, 0.3) is 0 Å². The minimum absolute atomic E-state index is 0. The summed E-state index contributed by atoms with van der Waals surface area (Å²) < 4.78 is 13.4. The van der Waals surface area contributed by atoms with Gasteiger partial charge in [0.15, 0.2) is 0 Å². The lowest BCUT2D eigenvalue weighted by Crippen LogP contribution is -2.39. The van der Waals surface area contributed by atoms with Crippen LogP contribution in [0.15, 0.2) is 54.6 Å². The summed E-state index contributed by atoms with van der Waals surface area (Å²) in [6.07, 6.45) is 1.94. The lowest BCUT2D eigenvalue weighted by Gasteiger charge is -2.22. The second kappa shape index (κ2) is 7.98. The van der Waals surface area contributed by atoms with E-state index in [0.717, 1.165) is 24.0 Å². The molecular formula is C20H24ClFN2O. The van der Waals surface area contributed by atoms with E-state index in [1.54, 1.807) is 12.1 Å². The van der Waals surface area contributed by atoms with Crippen LogP contribution in [0, 0.1) is 11.7 Å². The van der Waals surface area contributed by atoms with Crippen LogP contribution in [-0.2, 0) is 10.2 Å². The minimum atomic E-state index is -0.337. The Kier molecular flexibility index (Phi) is 6.20. The van der Waals surface area contributed by atoms with Crippen molar-refractivity contribution in [1.82, 2.24) is 5.32 Å². The molecule has 2 unspecified atom stereocenters. The number of nitrogens with one attached hydrogen (secondary N) is 1. The number of benzene rings is 2. The van der Waals surface area contributed by atoms with E-state index in [0.29, 0.717) is 6.54 Å². The lowest BCUT2D eigenvalue weighted by atomic mass is 9.93. The molecule has 5 heteroatoms. The van der Waals surface area contributed by atoms with Gasteiger partial charge in [-0.2, -0.15) is 0 Å². The van der Waals surface area contributed by atoms with Gasteiger partial charge in [0.1, 0.15) is 5.82 Å². The van der Waals surface area contributed by atoms with Gasteiger partial charge in [0.05, 0.1) is 5.92 Å². The molecular weight excluding hydrogens is 339 g/mol. The number of amides is 1. The van der Waals surface area contributed by atoms with Crippen LogP contribution in [0.2, 0.25) is 0 Å². The molecule has 3 rings (SSSR count). The predicted molar refractivity (Wildman–Crippen MR) is 100 cm³/mol. The van der Waals surface area contributed by atoms with Gasteiger partial charge in [-0.3, -0.25) is 4.79 Å². The highest BCUT2D eigenvalue weighted by atomic mass is 35.5. The molecule has 2 atom stereocenters. The first kappa shape index (κ1) is 19.4. The van der Waals surface area contributed by atoms with Crippen LogP contribution in [0.1, 0.15) is 36.9 Å². The standard InChI is InChI=1S/C20H23FN2O.ClH/c1-14(18(22)15-6-3-2-4-7-15)19(24)23-13-20(10-11-20)16-8-5-9-17(21)12-16;/h2-9,12,14,18H,10-11,13,22H2,1H3,(H,23,24);1H. The molecule has 2 aromatic rings. The summed E-state index contributed by atoms with van der Waals surface area (Å²) in [4.78, 5) is 12.5. The highest BCUT2D eigenvalue weighted by molar-refractivity contribution is 5.85. The molecule has 0 bridgehead atoms. The van der Waals surface area contributed by atoms with E-state index in [4.69, 9.17) is 5.73 Å². The van der Waals surface area contributed by atoms with Crippen molar-refractivity contribution in [3.05, 3.63) is 71.5 Å². The van der Waals surface area contributed by atoms with E-state index in [1.807, 2.05) is 43.3 Å². The lowest BCUT2D eigenvalue weighted by molar-refractivity contribution is -0.125. The Balaban J connectivity index is 0.00000225. The van der Waals surface area contributed by atoms with Crippen LogP contribution in [0.5, 0.6) is 0 Å². The van der Waals surface area contributed by atoms with Crippen LogP contribution >= 0.6 is 12.4 Å². The molecule has 0 heterocycles. The third-order valence-corrected chi connectivity index (χ3v) is 5.03. The van der Waals surface area contributed by atoms with Crippen molar-refractivity contribution in [2.75, 3.05) is 6.54 Å². The van der Waals surface area contributed by atoms with Crippen LogP contribution in [-0.4, -0.2) is 12.5 Å². The smallest absolute Gasteiger partial charge is 0.224 e. The van der Waals surface area contributed by atoms with Crippen molar-refractivity contribution >= 4 is 18.3 Å². The molecule has 0 radical (unpaired) electrons. The number of hydrogen-bond donors (Lipinski definition) is 2. The molecule has 0 spiro atoms. The third kappa shape index (κ3) is 4.39. The highest BCUT2D eigenvalue weighted by Gasteiger charge is 2.44. The zero-order chi connectivity index (χ0) is 17.2. The summed E-state index contributed by atoms with van der Waals surface area (Å²) in [6, 6.07) is 16.0. The SMILES string of the molecule is CC(C(=O)NCC1(c2cccc(F)c2)CC1)C(N)c1ccccc1.Cl. The number of nitrogens with two attached hydrogens (primary N) is 1. The van der Waals surface area contributed by atoms with E-state index in [1.165, 1.54) is 6.07 Å². The molecule has 0 saturated heterocycles. The summed E-state index contributed by atoms with van der Waals surface area (Å²) in [5.41, 5.74) is 8.01. The van der Waals surface area contributed by atoms with E-state index in [2.05, 4.69) is 5.32 Å². The van der Waals surface area contributed by atoms with Gasteiger partial charge < -0.3 is 11.1 Å². The number of rotatable bonds is 6. The number of carbonyl (C=O) groups is 1. The van der Waals surface area contributed by atoms with Crippen molar-refractivity contribution in [2.24, 2.45) is 11.7 Å². The molecule has 1 aliphatic rings. The first-order valence-corrected chi connectivity index (χ1v) is 8.36. The van der Waals surface area contributed by atoms with Crippen molar-refractivity contribution in [2.45, 2.75) is 31.2 Å². The van der Waals surface area contributed by atoms with E-state index >= 15 is 0 Å². The molecule has 1 amide bonds. The Morgan fingerprint density at radius 2 is 1.88 bits per heavy atom. The minimum Gasteiger partial charge on any atom is -0.355 e. The van der Waals surface area contributed by atoms with Gasteiger partial charge >= 0.3 is 0 Å². The Labute approximate surface area is 154 Å². The van der Waals surface area contributed by atoms with E-state index < -0.39 is 0 Å². The van der Waals surface area contributed by atoms with Crippen molar-refractivity contribution in [3.63, 3.8) is 0 Å². The summed E-state index contributed by atoms with van der Waals surface area (Å²) >= 11 is 0. The second-order valence-corrected chi connectivity index (χ2v) is 6.73. The Morgan fingerprint density at radius 1 is 1.20 bits per heavy atom. The third-order valence-electron chi connectivity index (χ3n) is 5.03. The van der Waals surface area contributed by atoms with Gasteiger partial charge in [-0.25, -0.2) is 4.39 Å². The maximum absolute atomic E-state index is 13.4. The summed E-state index contributed by atoms with van der Waals surface area (Å²) in [6.45, 7) is 2.37. The fourth-order valence-corrected chi connectivity index (χ4v) is 3.08. The highest BCUT2D eigenvalue weighted by Crippen LogP contribution is 2.47. The molecule has 0 aromatic heterocycles. The maximum atomic E-state index is 13.4. The van der Waals surface area contributed by atoms with Crippen molar-refractivity contribution in [1.29, 1.82) is 0 Å². The van der Waals surface area contributed by atoms with Crippen molar-refractivity contribution in [3.8, 4) is 0 Å². The number of halogens is 2.